The van der Waals surface area contributed by atoms with Crippen LogP contribution in [0.15, 0.2) is 11.6 Å². The Labute approximate surface area is 82.4 Å². The van der Waals surface area contributed by atoms with Crippen LogP contribution in [0.25, 0.3) is 0 Å². The van der Waals surface area contributed by atoms with Crippen LogP contribution in [0.2, 0.25) is 0 Å². The average Bonchev–Trinajstić information content (AvgIpc) is 2.16. The van der Waals surface area contributed by atoms with Crippen molar-refractivity contribution in [2.24, 2.45) is 11.3 Å². The second-order valence-corrected chi connectivity index (χ2v) is 5.44. The van der Waals surface area contributed by atoms with Crippen molar-refractivity contribution < 1.29 is 0 Å². The van der Waals surface area contributed by atoms with Crippen molar-refractivity contribution in [1.82, 2.24) is 0 Å². The first-order chi connectivity index (χ1) is 6.20. The molecule has 74 valence electrons. The summed E-state index contributed by atoms with van der Waals surface area (Å²) < 4.78 is 0. The first-order valence-electron chi connectivity index (χ1n) is 5.86. The highest BCUT2D eigenvalue weighted by atomic mass is 14.4. The Bertz CT molecular complexity index is 204. The molecular weight excluding hydrogens is 156 g/mol. The van der Waals surface area contributed by atoms with Crippen molar-refractivity contribution in [3.05, 3.63) is 11.6 Å². The lowest BCUT2D eigenvalue weighted by Gasteiger charge is -2.41. The van der Waals surface area contributed by atoms with Gasteiger partial charge >= 0.3 is 0 Å². The SMILES string of the molecule is CC1=CCC2(CC1)CCC(C)CC2. The van der Waals surface area contributed by atoms with Gasteiger partial charge in [-0.2, -0.15) is 0 Å². The predicted molar refractivity (Wildman–Crippen MR) is 57.7 cm³/mol. The molecule has 13 heavy (non-hydrogen) atoms. The van der Waals surface area contributed by atoms with Gasteiger partial charge in [0.1, 0.15) is 0 Å². The lowest BCUT2D eigenvalue weighted by Crippen LogP contribution is -2.28. The zero-order valence-electron chi connectivity index (χ0n) is 9.10. The molecule has 0 bridgehead atoms. The largest absolute Gasteiger partial charge is 0.0851 e. The molecule has 1 spiro atoms. The van der Waals surface area contributed by atoms with Crippen LogP contribution in [0.3, 0.4) is 0 Å². The predicted octanol–water partition coefficient (Wildman–Crippen LogP) is 4.31. The first kappa shape index (κ1) is 9.30. The van der Waals surface area contributed by atoms with Crippen LogP contribution in [0.1, 0.15) is 58.8 Å². The fourth-order valence-corrected chi connectivity index (χ4v) is 2.89. The van der Waals surface area contributed by atoms with Gasteiger partial charge in [-0.25, -0.2) is 0 Å². The summed E-state index contributed by atoms with van der Waals surface area (Å²) in [6, 6.07) is 0. The van der Waals surface area contributed by atoms with Gasteiger partial charge in [0, 0.05) is 0 Å². The van der Waals surface area contributed by atoms with Crippen LogP contribution in [0.4, 0.5) is 0 Å². The Morgan fingerprint density at radius 1 is 1.23 bits per heavy atom. The molecule has 0 aromatic carbocycles. The minimum atomic E-state index is 0.742. The summed E-state index contributed by atoms with van der Waals surface area (Å²) in [5.41, 5.74) is 2.37. The minimum Gasteiger partial charge on any atom is -0.0851 e. The molecule has 1 fully saturated rings. The smallest absolute Gasteiger partial charge is 0.0260 e. The molecule has 0 saturated heterocycles. The third kappa shape index (κ3) is 1.98. The maximum Gasteiger partial charge on any atom is -0.0260 e. The molecule has 2 aliphatic rings. The average molecular weight is 178 g/mol. The number of allylic oxidation sites excluding steroid dienone is 2. The van der Waals surface area contributed by atoms with E-state index in [1.165, 1.54) is 44.9 Å². The highest BCUT2D eigenvalue weighted by molar-refractivity contribution is 5.07. The summed E-state index contributed by atoms with van der Waals surface area (Å²) in [5.74, 6) is 0.998. The highest BCUT2D eigenvalue weighted by Crippen LogP contribution is 2.47. The lowest BCUT2D eigenvalue weighted by molar-refractivity contribution is 0.138. The van der Waals surface area contributed by atoms with E-state index in [0.717, 1.165) is 11.3 Å². The van der Waals surface area contributed by atoms with E-state index in [-0.39, 0.29) is 0 Å². The fraction of sp³-hybridized carbons (Fsp3) is 0.846. The summed E-state index contributed by atoms with van der Waals surface area (Å²) in [5, 5.41) is 0. The molecule has 0 aromatic heterocycles. The minimum absolute atomic E-state index is 0.742. The van der Waals surface area contributed by atoms with Crippen LogP contribution < -0.4 is 0 Å². The van der Waals surface area contributed by atoms with Gasteiger partial charge in [0.15, 0.2) is 0 Å². The molecule has 0 nitrogen and oxygen atoms in total. The second kappa shape index (κ2) is 3.48. The second-order valence-electron chi connectivity index (χ2n) is 5.44. The van der Waals surface area contributed by atoms with Gasteiger partial charge in [0.05, 0.1) is 0 Å². The van der Waals surface area contributed by atoms with Gasteiger partial charge in [-0.15, -0.1) is 0 Å². The van der Waals surface area contributed by atoms with E-state index in [1.807, 2.05) is 0 Å². The normalized spacial score (nSPS) is 40.5. The van der Waals surface area contributed by atoms with E-state index < -0.39 is 0 Å². The highest BCUT2D eigenvalue weighted by Gasteiger charge is 2.34. The molecule has 0 unspecified atom stereocenters. The zero-order valence-corrected chi connectivity index (χ0v) is 9.10. The van der Waals surface area contributed by atoms with Crippen molar-refractivity contribution in [2.45, 2.75) is 58.8 Å². The number of rotatable bonds is 0. The van der Waals surface area contributed by atoms with Gasteiger partial charge in [-0.1, -0.05) is 31.4 Å². The maximum absolute atomic E-state index is 2.50. The Hall–Kier alpha value is -0.260. The third-order valence-electron chi connectivity index (χ3n) is 4.27. The summed E-state index contributed by atoms with van der Waals surface area (Å²) in [4.78, 5) is 0. The van der Waals surface area contributed by atoms with Crippen molar-refractivity contribution in [1.29, 1.82) is 0 Å². The van der Waals surface area contributed by atoms with Crippen molar-refractivity contribution in [2.75, 3.05) is 0 Å². The summed E-state index contributed by atoms with van der Waals surface area (Å²) in [6.07, 6.45) is 12.7. The summed E-state index contributed by atoms with van der Waals surface area (Å²) in [6.45, 7) is 4.70. The Kier molecular flexibility index (Phi) is 2.49. The number of hydrogen-bond donors (Lipinski definition) is 0. The molecule has 0 amide bonds. The van der Waals surface area contributed by atoms with Gasteiger partial charge in [0.25, 0.3) is 0 Å². The number of hydrogen-bond acceptors (Lipinski definition) is 0. The molecular formula is C13H22. The quantitative estimate of drug-likeness (QED) is 0.485. The third-order valence-corrected chi connectivity index (χ3v) is 4.27. The van der Waals surface area contributed by atoms with Gasteiger partial charge in [-0.05, 0) is 50.4 Å². The standard InChI is InChI=1S/C13H22/c1-11-3-7-13(8-4-11)9-5-12(2)6-10-13/h3,12H,4-10H2,1-2H3. The van der Waals surface area contributed by atoms with Crippen LogP contribution in [0.5, 0.6) is 0 Å². The molecule has 2 aliphatic carbocycles. The van der Waals surface area contributed by atoms with Crippen molar-refractivity contribution in [3.8, 4) is 0 Å². The Morgan fingerprint density at radius 3 is 2.46 bits per heavy atom. The summed E-state index contributed by atoms with van der Waals surface area (Å²) in [7, 11) is 0. The summed E-state index contributed by atoms with van der Waals surface area (Å²) >= 11 is 0. The molecule has 1 saturated carbocycles. The maximum atomic E-state index is 2.50. The molecule has 0 aliphatic heterocycles. The van der Waals surface area contributed by atoms with Crippen LogP contribution in [-0.4, -0.2) is 0 Å². The molecule has 0 radical (unpaired) electrons. The van der Waals surface area contributed by atoms with Crippen molar-refractivity contribution in [3.63, 3.8) is 0 Å². The topological polar surface area (TPSA) is 0 Å². The lowest BCUT2D eigenvalue weighted by atomic mass is 9.64. The van der Waals surface area contributed by atoms with Gasteiger partial charge in [0.2, 0.25) is 0 Å². The monoisotopic (exact) mass is 178 g/mol. The van der Waals surface area contributed by atoms with E-state index in [2.05, 4.69) is 19.9 Å². The van der Waals surface area contributed by atoms with E-state index in [9.17, 15) is 0 Å². The Morgan fingerprint density at radius 2 is 1.92 bits per heavy atom. The van der Waals surface area contributed by atoms with Crippen molar-refractivity contribution >= 4 is 0 Å². The first-order valence-corrected chi connectivity index (χ1v) is 5.86. The molecule has 0 aromatic rings. The fourth-order valence-electron chi connectivity index (χ4n) is 2.89. The van der Waals surface area contributed by atoms with E-state index in [1.54, 1.807) is 5.57 Å². The molecule has 0 N–H and O–H groups in total. The van der Waals surface area contributed by atoms with Crippen LogP contribution in [0, 0.1) is 11.3 Å². The molecule has 2 rings (SSSR count). The van der Waals surface area contributed by atoms with E-state index in [4.69, 9.17) is 0 Å². The van der Waals surface area contributed by atoms with Crippen LogP contribution in [-0.2, 0) is 0 Å². The van der Waals surface area contributed by atoms with E-state index >= 15 is 0 Å². The Balaban J connectivity index is 1.99. The van der Waals surface area contributed by atoms with Gasteiger partial charge < -0.3 is 0 Å². The van der Waals surface area contributed by atoms with Crippen LogP contribution >= 0.6 is 0 Å². The molecule has 0 atom stereocenters. The molecule has 0 heteroatoms. The van der Waals surface area contributed by atoms with E-state index in [0.29, 0.717) is 0 Å². The molecule has 0 heterocycles. The zero-order chi connectivity index (χ0) is 9.31. The van der Waals surface area contributed by atoms with Gasteiger partial charge in [-0.3, -0.25) is 0 Å².